The highest BCUT2D eigenvalue weighted by molar-refractivity contribution is 5.99. The Bertz CT molecular complexity index is 2520. The van der Waals surface area contributed by atoms with Gasteiger partial charge in [-0.25, -0.2) is 0 Å². The number of carbonyl (C=O) groups excluding carboxylic acids is 12. The van der Waals surface area contributed by atoms with Gasteiger partial charge in [-0.3, -0.25) is 57.5 Å². The lowest BCUT2D eigenvalue weighted by atomic mass is 9.98. The Hall–Kier alpha value is -6.60. The molecule has 590 valence electrons. The molecular weight excluding hydrogens is 1310 g/mol. The predicted octanol–water partition coefficient (Wildman–Crippen LogP) is 1.10. The van der Waals surface area contributed by atoms with Gasteiger partial charge in [-0.05, 0) is 209 Å². The molecule has 0 aliphatic heterocycles. The van der Waals surface area contributed by atoms with Crippen LogP contribution in [0.2, 0.25) is 0 Å². The fourth-order valence-electron chi connectivity index (χ4n) is 11.6. The van der Waals surface area contributed by atoms with E-state index in [0.29, 0.717) is 83.7 Å². The van der Waals surface area contributed by atoms with Crippen LogP contribution in [-0.2, 0) is 57.5 Å². The molecular formula is C72H140N18O12. The number of rotatable bonds is 57. The van der Waals surface area contributed by atoms with Gasteiger partial charge >= 0.3 is 0 Å². The van der Waals surface area contributed by atoms with Crippen LogP contribution in [0.4, 0.5) is 0 Å². The molecule has 0 radical (unpaired) electrons. The first-order chi connectivity index (χ1) is 47.9. The molecule has 0 spiro atoms. The van der Waals surface area contributed by atoms with Crippen LogP contribution in [0.15, 0.2) is 0 Å². The van der Waals surface area contributed by atoms with Crippen LogP contribution in [0.3, 0.4) is 0 Å². The van der Waals surface area contributed by atoms with Crippen molar-refractivity contribution in [2.24, 2.45) is 81.6 Å². The summed E-state index contributed by atoms with van der Waals surface area (Å²) < 4.78 is 0. The second kappa shape index (κ2) is 53.2. The van der Waals surface area contributed by atoms with Crippen LogP contribution in [0.5, 0.6) is 0 Å². The molecule has 0 aromatic rings. The zero-order valence-corrected chi connectivity index (χ0v) is 64.5. The largest absolute Gasteiger partial charge is 0.368 e. The second-order valence-electron chi connectivity index (χ2n) is 30.5. The van der Waals surface area contributed by atoms with E-state index in [1.165, 1.54) is 0 Å². The zero-order valence-electron chi connectivity index (χ0n) is 64.5. The molecule has 102 heavy (non-hydrogen) atoms. The summed E-state index contributed by atoms with van der Waals surface area (Å²) in [5, 5.41) is 30.9. The van der Waals surface area contributed by atoms with Gasteiger partial charge in [-0.1, -0.05) is 103 Å². The molecule has 0 rings (SSSR count). The van der Waals surface area contributed by atoms with Crippen molar-refractivity contribution in [3.8, 4) is 0 Å². The molecule has 12 atom stereocenters. The van der Waals surface area contributed by atoms with Gasteiger partial charge in [0.1, 0.15) is 66.5 Å². The quantitative estimate of drug-likeness (QED) is 0.0379. The first kappa shape index (κ1) is 95.4. The number of carbonyl (C=O) groups is 12. The summed E-state index contributed by atoms with van der Waals surface area (Å²) in [4.78, 5) is 170. The van der Waals surface area contributed by atoms with Crippen LogP contribution < -0.4 is 98.6 Å². The van der Waals surface area contributed by atoms with Crippen molar-refractivity contribution < 1.29 is 57.5 Å². The van der Waals surface area contributed by atoms with E-state index in [2.05, 4.69) is 58.5 Å². The molecule has 0 aliphatic rings. The Morgan fingerprint density at radius 3 is 0.539 bits per heavy atom. The molecule has 0 aromatic heterocycles. The number of hydrogen-bond acceptors (Lipinski definition) is 18. The van der Waals surface area contributed by atoms with Crippen LogP contribution in [0.25, 0.3) is 0 Å². The van der Waals surface area contributed by atoms with E-state index in [-0.39, 0.29) is 132 Å². The third-order valence-corrected chi connectivity index (χ3v) is 17.0. The lowest BCUT2D eigenvalue weighted by molar-refractivity contribution is -0.136. The minimum Gasteiger partial charge on any atom is -0.368 e. The Morgan fingerprint density at radius 2 is 0.363 bits per heavy atom. The smallest absolute Gasteiger partial charge is 0.243 e. The van der Waals surface area contributed by atoms with Gasteiger partial charge in [0.2, 0.25) is 70.9 Å². The first-order valence-electron chi connectivity index (χ1n) is 37.8. The van der Waals surface area contributed by atoms with E-state index in [4.69, 9.17) is 40.1 Å². The fraction of sp³-hybridized carbons (Fsp3) is 0.833. The standard InChI is InChI=1S/C72H140N18O12/c1-42(2)35-54(84-62(92)49(78)25-15-20-30-73)70(100)90-60(41-48(13)14)72(102)89-58(39-46(9)10)69(99)83-52(28-18-23-33-76)64(94)86-56(37-44(5)6)67(97)81-51(27-17-22-32-75)63(93)85-57(38-45(7)8)68(98)82-53(29-19-24-34-77)65(95)87-59(40-47(11)12)71(101)88-55(36-43(3)4)66(96)80-50(61(79)91)26-16-21-31-74/h42-60H,15-41,73-78H2,1-14H3,(H2,79,91)(H,80,96)(H,81,97)(H,82,98)(H,83,99)(H,84,92)(H,85,93)(H,86,94)(H,87,95)(H,88,101)(H,89,102)(H,90,100)/t49-,50-,51-,52-,53-,54-,55-,56-,57+,58+,59+,60+/m0/s1. The molecule has 0 saturated heterocycles. The maximum absolute atomic E-state index is 14.7. The maximum Gasteiger partial charge on any atom is 0.243 e. The van der Waals surface area contributed by atoms with E-state index in [1.807, 2.05) is 96.9 Å². The van der Waals surface area contributed by atoms with Crippen molar-refractivity contribution in [3.63, 3.8) is 0 Å². The van der Waals surface area contributed by atoms with Crippen molar-refractivity contribution in [3.05, 3.63) is 0 Å². The van der Waals surface area contributed by atoms with Gasteiger partial charge in [0, 0.05) is 0 Å². The monoisotopic (exact) mass is 1450 g/mol. The van der Waals surface area contributed by atoms with Crippen molar-refractivity contribution in [1.82, 2.24) is 58.5 Å². The third kappa shape index (κ3) is 41.6. The highest BCUT2D eigenvalue weighted by atomic mass is 16.2. The minimum absolute atomic E-state index is 0.0327. The normalized spacial score (nSPS) is 15.2. The summed E-state index contributed by atoms with van der Waals surface area (Å²) in [6.45, 7) is 27.7. The van der Waals surface area contributed by atoms with E-state index in [9.17, 15) is 57.5 Å². The lowest BCUT2D eigenvalue weighted by Gasteiger charge is -2.30. The molecule has 30 nitrogen and oxygen atoms in total. The number of nitrogens with two attached hydrogens (primary N) is 7. The molecule has 0 aromatic carbocycles. The molecule has 0 heterocycles. The molecule has 30 heteroatoms. The number of nitrogens with one attached hydrogen (secondary N) is 11. The van der Waals surface area contributed by atoms with Gasteiger partial charge in [-0.15, -0.1) is 0 Å². The maximum atomic E-state index is 14.7. The van der Waals surface area contributed by atoms with Crippen molar-refractivity contribution >= 4 is 70.9 Å². The van der Waals surface area contributed by atoms with Gasteiger partial charge in [0.05, 0.1) is 6.04 Å². The topological polar surface area (TPSA) is 519 Å². The van der Waals surface area contributed by atoms with E-state index in [0.717, 1.165) is 0 Å². The molecule has 0 bridgehead atoms. The summed E-state index contributed by atoms with van der Waals surface area (Å²) in [5.41, 5.74) is 40.8. The Kier molecular flexibility index (Phi) is 49.8. The van der Waals surface area contributed by atoms with Gasteiger partial charge < -0.3 is 98.6 Å². The average Bonchev–Trinajstić information content (AvgIpc) is 0.860. The van der Waals surface area contributed by atoms with Crippen molar-refractivity contribution in [1.29, 1.82) is 0 Å². The van der Waals surface area contributed by atoms with E-state index in [1.54, 1.807) is 0 Å². The molecule has 0 saturated carbocycles. The SMILES string of the molecule is CC(C)C[C@H](NC(=O)[C@H](CCCCN)NC(=O)[C@@H](CC(C)C)NC(=O)[C@@H](CC(C)C)NC(=O)[C@H](CC(C)C)NC(=O)[C@@H](N)CCCCN)C(=O)N[C@@H](CCCCN)C(=O)N[C@H](CC(C)C)C(=O)N[C@@H](CCCCN)C(=O)N[C@H](CC(C)C)C(=O)N[C@@H](CC(C)C)C(=O)N[C@@H](CCCCN)C(N)=O. The van der Waals surface area contributed by atoms with Crippen LogP contribution in [0, 0.1) is 41.4 Å². The van der Waals surface area contributed by atoms with Crippen LogP contribution >= 0.6 is 0 Å². The Labute approximate surface area is 609 Å². The second-order valence-corrected chi connectivity index (χ2v) is 30.5. The lowest BCUT2D eigenvalue weighted by Crippen LogP contribution is -2.61. The van der Waals surface area contributed by atoms with Crippen LogP contribution in [0.1, 0.15) is 238 Å². The van der Waals surface area contributed by atoms with Crippen LogP contribution in [-0.4, -0.2) is 176 Å². The predicted molar refractivity (Wildman–Crippen MR) is 399 cm³/mol. The molecule has 0 fully saturated rings. The third-order valence-electron chi connectivity index (χ3n) is 17.0. The summed E-state index contributed by atoms with van der Waals surface area (Å²) in [6.07, 6.45) is 6.94. The molecule has 0 unspecified atom stereocenters. The average molecular weight is 1450 g/mol. The fourth-order valence-corrected chi connectivity index (χ4v) is 11.6. The number of unbranched alkanes of at least 4 members (excludes halogenated alkanes) is 5. The van der Waals surface area contributed by atoms with Gasteiger partial charge in [0.15, 0.2) is 0 Å². The van der Waals surface area contributed by atoms with E-state index >= 15 is 0 Å². The summed E-state index contributed by atoms with van der Waals surface area (Å²) in [7, 11) is 0. The summed E-state index contributed by atoms with van der Waals surface area (Å²) in [6, 6.07) is -13.8. The molecule has 25 N–H and O–H groups in total. The van der Waals surface area contributed by atoms with Crippen molar-refractivity contribution in [2.75, 3.05) is 32.7 Å². The zero-order chi connectivity index (χ0) is 77.8. The van der Waals surface area contributed by atoms with E-state index < -0.39 is 143 Å². The highest BCUT2D eigenvalue weighted by Crippen LogP contribution is 2.18. The van der Waals surface area contributed by atoms with Gasteiger partial charge in [-0.2, -0.15) is 0 Å². The van der Waals surface area contributed by atoms with Crippen molar-refractivity contribution in [2.45, 2.75) is 311 Å². The summed E-state index contributed by atoms with van der Waals surface area (Å²) in [5.74, 6) is -9.01. The molecule has 12 amide bonds. The number of primary amides is 1. The summed E-state index contributed by atoms with van der Waals surface area (Å²) >= 11 is 0. The Balaban J connectivity index is 7.16. The van der Waals surface area contributed by atoms with Gasteiger partial charge in [0.25, 0.3) is 0 Å². The first-order valence-corrected chi connectivity index (χ1v) is 37.8. The number of amides is 12. The minimum atomic E-state index is -1.27. The highest BCUT2D eigenvalue weighted by Gasteiger charge is 2.38. The Morgan fingerprint density at radius 1 is 0.216 bits per heavy atom. The number of hydrogen-bond donors (Lipinski definition) is 18. The molecule has 0 aliphatic carbocycles.